The minimum absolute atomic E-state index is 0.136. The zero-order valence-corrected chi connectivity index (χ0v) is 11.2. The molecule has 0 aromatic heterocycles. The number of benzene rings is 2. The lowest BCUT2D eigenvalue weighted by Crippen LogP contribution is -2.13. The monoisotopic (exact) mass is 309 g/mol. The maximum atomic E-state index is 13.6. The minimum atomic E-state index is -1.30. The Morgan fingerprint density at radius 3 is 2.33 bits per heavy atom. The Bertz CT molecular complexity index is 733. The molecule has 0 heterocycles. The molecular weight excluding hydrogens is 301 g/mol. The highest BCUT2D eigenvalue weighted by atomic mass is 35.5. The van der Waals surface area contributed by atoms with Gasteiger partial charge in [-0.3, -0.25) is 4.79 Å². The molecule has 0 saturated heterocycles. The number of carboxylic acid groups (broad SMARTS) is 1. The van der Waals surface area contributed by atoms with Crippen LogP contribution in [0.4, 0.5) is 10.1 Å². The van der Waals surface area contributed by atoms with Gasteiger partial charge in [-0.1, -0.05) is 11.6 Å². The van der Waals surface area contributed by atoms with E-state index in [1.165, 1.54) is 18.2 Å². The third kappa shape index (κ3) is 3.29. The lowest BCUT2D eigenvalue weighted by atomic mass is 10.1. The molecule has 0 atom stereocenters. The SMILES string of the molecule is O=C(O)c1ccc(NC(=O)c2ccc(Cl)cc2F)cc1O. The van der Waals surface area contributed by atoms with Crippen LogP contribution in [-0.2, 0) is 0 Å². The lowest BCUT2D eigenvalue weighted by molar-refractivity contribution is 0.0693. The van der Waals surface area contributed by atoms with Crippen LogP contribution in [0.5, 0.6) is 5.75 Å². The molecule has 0 unspecified atom stereocenters. The number of anilines is 1. The Morgan fingerprint density at radius 1 is 1.10 bits per heavy atom. The smallest absolute Gasteiger partial charge is 0.339 e. The van der Waals surface area contributed by atoms with Gasteiger partial charge >= 0.3 is 5.97 Å². The molecule has 2 rings (SSSR count). The Hall–Kier alpha value is -2.60. The van der Waals surface area contributed by atoms with Gasteiger partial charge in [0.2, 0.25) is 0 Å². The average molecular weight is 310 g/mol. The van der Waals surface area contributed by atoms with E-state index in [0.717, 1.165) is 18.2 Å². The molecule has 0 fully saturated rings. The minimum Gasteiger partial charge on any atom is -0.507 e. The van der Waals surface area contributed by atoms with Crippen LogP contribution < -0.4 is 5.32 Å². The summed E-state index contributed by atoms with van der Waals surface area (Å²) in [5.74, 6) is -3.33. The first-order valence-corrected chi connectivity index (χ1v) is 6.09. The molecule has 0 spiro atoms. The number of amides is 1. The zero-order valence-electron chi connectivity index (χ0n) is 10.4. The molecule has 0 aliphatic heterocycles. The summed E-state index contributed by atoms with van der Waals surface area (Å²) in [7, 11) is 0. The Kier molecular flexibility index (Phi) is 4.09. The van der Waals surface area contributed by atoms with Crippen LogP contribution in [0, 0.1) is 5.82 Å². The summed E-state index contributed by atoms with van der Waals surface area (Å²) >= 11 is 5.59. The van der Waals surface area contributed by atoms with Gasteiger partial charge in [0.25, 0.3) is 5.91 Å². The van der Waals surface area contributed by atoms with Crippen LogP contribution in [0.25, 0.3) is 0 Å². The van der Waals surface area contributed by atoms with Gasteiger partial charge in [-0.25, -0.2) is 9.18 Å². The molecular formula is C14H9ClFNO4. The summed E-state index contributed by atoms with van der Waals surface area (Å²) in [5, 5.41) is 20.8. The lowest BCUT2D eigenvalue weighted by Gasteiger charge is -2.08. The third-order valence-corrected chi connectivity index (χ3v) is 2.90. The highest BCUT2D eigenvalue weighted by Crippen LogP contribution is 2.23. The molecule has 108 valence electrons. The highest BCUT2D eigenvalue weighted by molar-refractivity contribution is 6.30. The van der Waals surface area contributed by atoms with Crippen molar-refractivity contribution in [3.63, 3.8) is 0 Å². The second-order valence-corrected chi connectivity index (χ2v) is 4.55. The zero-order chi connectivity index (χ0) is 15.6. The fraction of sp³-hybridized carbons (Fsp3) is 0. The fourth-order valence-corrected chi connectivity index (χ4v) is 1.82. The van der Waals surface area contributed by atoms with Crippen molar-refractivity contribution in [2.24, 2.45) is 0 Å². The van der Waals surface area contributed by atoms with Gasteiger partial charge in [-0.05, 0) is 30.3 Å². The van der Waals surface area contributed by atoms with Crippen LogP contribution in [0.2, 0.25) is 5.02 Å². The van der Waals surface area contributed by atoms with Crippen molar-refractivity contribution in [3.8, 4) is 5.75 Å². The number of phenols is 1. The predicted molar refractivity (Wildman–Crippen MR) is 74.4 cm³/mol. The van der Waals surface area contributed by atoms with Crippen molar-refractivity contribution in [2.75, 3.05) is 5.32 Å². The van der Waals surface area contributed by atoms with E-state index in [1.54, 1.807) is 0 Å². The predicted octanol–water partition coefficient (Wildman–Crippen LogP) is 3.14. The van der Waals surface area contributed by atoms with Gasteiger partial charge in [0.05, 0.1) is 5.56 Å². The number of halogens is 2. The van der Waals surface area contributed by atoms with Crippen molar-refractivity contribution in [1.82, 2.24) is 0 Å². The van der Waals surface area contributed by atoms with Gasteiger partial charge in [0.15, 0.2) is 0 Å². The summed E-state index contributed by atoms with van der Waals surface area (Å²) in [5.41, 5.74) is -0.385. The standard InChI is InChI=1S/C14H9ClFNO4/c15-7-1-3-9(11(16)5-7)13(19)17-8-2-4-10(14(20)21)12(18)6-8/h1-6,18H,(H,17,19)(H,20,21). The number of aromatic hydroxyl groups is 1. The average Bonchev–Trinajstić information content (AvgIpc) is 2.37. The topological polar surface area (TPSA) is 86.6 Å². The number of carboxylic acids is 1. The Labute approximate surface area is 123 Å². The molecule has 1 amide bonds. The number of hydrogen-bond acceptors (Lipinski definition) is 3. The van der Waals surface area contributed by atoms with Crippen molar-refractivity contribution >= 4 is 29.2 Å². The van der Waals surface area contributed by atoms with Crippen molar-refractivity contribution in [2.45, 2.75) is 0 Å². The second-order valence-electron chi connectivity index (χ2n) is 4.12. The molecule has 0 radical (unpaired) electrons. The van der Waals surface area contributed by atoms with E-state index in [4.69, 9.17) is 16.7 Å². The van der Waals surface area contributed by atoms with Crippen LogP contribution in [0.3, 0.4) is 0 Å². The maximum absolute atomic E-state index is 13.6. The number of rotatable bonds is 3. The Balaban J connectivity index is 2.23. The van der Waals surface area contributed by atoms with Crippen molar-refractivity contribution in [1.29, 1.82) is 0 Å². The molecule has 0 saturated carbocycles. The molecule has 0 aliphatic rings. The van der Waals surface area contributed by atoms with Gasteiger partial charge in [-0.15, -0.1) is 0 Å². The summed E-state index contributed by atoms with van der Waals surface area (Å²) in [6.07, 6.45) is 0. The van der Waals surface area contributed by atoms with E-state index >= 15 is 0 Å². The van der Waals surface area contributed by atoms with Gasteiger partial charge in [-0.2, -0.15) is 0 Å². The molecule has 7 heteroatoms. The molecule has 0 aliphatic carbocycles. The first kappa shape index (κ1) is 14.8. The summed E-state index contributed by atoms with van der Waals surface area (Å²) < 4.78 is 13.6. The number of aromatic carboxylic acids is 1. The second kappa shape index (κ2) is 5.80. The van der Waals surface area contributed by atoms with Crippen LogP contribution in [0.1, 0.15) is 20.7 Å². The quantitative estimate of drug-likeness (QED) is 0.813. The highest BCUT2D eigenvalue weighted by Gasteiger charge is 2.14. The number of nitrogens with one attached hydrogen (secondary N) is 1. The van der Waals surface area contributed by atoms with Crippen LogP contribution in [0.15, 0.2) is 36.4 Å². The van der Waals surface area contributed by atoms with E-state index in [-0.39, 0.29) is 21.8 Å². The van der Waals surface area contributed by atoms with E-state index in [0.29, 0.717) is 0 Å². The largest absolute Gasteiger partial charge is 0.507 e. The molecule has 2 aromatic carbocycles. The molecule has 5 nitrogen and oxygen atoms in total. The van der Waals surface area contributed by atoms with Gasteiger partial charge in [0.1, 0.15) is 17.1 Å². The third-order valence-electron chi connectivity index (χ3n) is 2.66. The Morgan fingerprint density at radius 2 is 1.76 bits per heavy atom. The number of carbonyl (C=O) groups is 2. The molecule has 3 N–H and O–H groups in total. The summed E-state index contributed by atoms with van der Waals surface area (Å²) in [6, 6.07) is 7.07. The summed E-state index contributed by atoms with van der Waals surface area (Å²) in [6.45, 7) is 0. The van der Waals surface area contributed by atoms with E-state index in [1.807, 2.05) is 0 Å². The summed E-state index contributed by atoms with van der Waals surface area (Å²) in [4.78, 5) is 22.6. The van der Waals surface area contributed by atoms with E-state index in [9.17, 15) is 19.1 Å². The number of hydrogen-bond donors (Lipinski definition) is 3. The first-order chi connectivity index (χ1) is 9.88. The van der Waals surface area contributed by atoms with E-state index < -0.39 is 23.4 Å². The van der Waals surface area contributed by atoms with Crippen LogP contribution >= 0.6 is 11.6 Å². The molecule has 21 heavy (non-hydrogen) atoms. The van der Waals surface area contributed by atoms with Gasteiger partial charge in [0, 0.05) is 16.8 Å². The maximum Gasteiger partial charge on any atom is 0.339 e. The molecule has 0 bridgehead atoms. The van der Waals surface area contributed by atoms with Crippen molar-refractivity contribution < 1.29 is 24.2 Å². The fourth-order valence-electron chi connectivity index (χ4n) is 1.66. The van der Waals surface area contributed by atoms with Crippen LogP contribution in [-0.4, -0.2) is 22.1 Å². The first-order valence-electron chi connectivity index (χ1n) is 5.71. The molecule has 2 aromatic rings. The van der Waals surface area contributed by atoms with E-state index in [2.05, 4.69) is 5.32 Å². The van der Waals surface area contributed by atoms with Crippen molar-refractivity contribution in [3.05, 3.63) is 58.4 Å². The number of carbonyl (C=O) groups excluding carboxylic acids is 1. The normalized spacial score (nSPS) is 10.2. The van der Waals surface area contributed by atoms with Gasteiger partial charge < -0.3 is 15.5 Å².